The van der Waals surface area contributed by atoms with E-state index >= 15 is 0 Å². The van der Waals surface area contributed by atoms with E-state index in [2.05, 4.69) is 5.32 Å². The number of anilines is 1. The van der Waals surface area contributed by atoms with Crippen LogP contribution in [0.5, 0.6) is 17.2 Å². The molecule has 2 aromatic rings. The number of rotatable bonds is 5. The van der Waals surface area contributed by atoms with Crippen LogP contribution in [-0.4, -0.2) is 37.8 Å². The largest absolute Gasteiger partial charge is 0.495 e. The highest BCUT2D eigenvalue weighted by molar-refractivity contribution is 6.32. The molecule has 0 spiro atoms. The van der Waals surface area contributed by atoms with Crippen LogP contribution in [-0.2, 0) is 14.3 Å². The number of esters is 1. The summed E-state index contributed by atoms with van der Waals surface area (Å²) >= 11 is 6.03. The molecule has 0 aliphatic carbocycles. The van der Waals surface area contributed by atoms with Gasteiger partial charge in [0.2, 0.25) is 6.10 Å². The maximum absolute atomic E-state index is 12.3. The van der Waals surface area contributed by atoms with E-state index in [1.165, 1.54) is 14.0 Å². The number of carbonyl (C=O) groups is 2. The van der Waals surface area contributed by atoms with Crippen LogP contribution >= 0.6 is 11.6 Å². The molecule has 2 aromatic carbocycles. The van der Waals surface area contributed by atoms with E-state index in [4.69, 9.17) is 30.5 Å². The smallest absolute Gasteiger partial charge is 0.351 e. The quantitative estimate of drug-likeness (QED) is 0.789. The molecule has 3 rings (SSSR count). The number of ether oxygens (including phenoxy) is 4. The van der Waals surface area contributed by atoms with E-state index in [0.717, 1.165) is 0 Å². The van der Waals surface area contributed by atoms with Crippen LogP contribution in [0.1, 0.15) is 6.92 Å². The van der Waals surface area contributed by atoms with Crippen molar-refractivity contribution in [3.8, 4) is 17.2 Å². The Labute approximate surface area is 161 Å². The molecule has 0 unspecified atom stereocenters. The summed E-state index contributed by atoms with van der Waals surface area (Å²) < 4.78 is 21.3. The summed E-state index contributed by atoms with van der Waals surface area (Å²) in [5, 5.41) is 2.98. The molecule has 0 fully saturated rings. The van der Waals surface area contributed by atoms with Crippen molar-refractivity contribution in [3.05, 3.63) is 47.5 Å². The fourth-order valence-electron chi connectivity index (χ4n) is 2.43. The predicted molar refractivity (Wildman–Crippen MR) is 98.5 cm³/mol. The van der Waals surface area contributed by atoms with E-state index in [1.807, 2.05) is 0 Å². The molecule has 0 bridgehead atoms. The highest BCUT2D eigenvalue weighted by Gasteiger charge is 2.31. The normalized spacial score (nSPS) is 16.2. The maximum atomic E-state index is 12.3. The molecule has 2 atom stereocenters. The predicted octanol–water partition coefficient (Wildman–Crippen LogP) is 3.06. The number of halogens is 1. The second-order valence-corrected chi connectivity index (χ2v) is 6.19. The Morgan fingerprint density at radius 3 is 2.67 bits per heavy atom. The van der Waals surface area contributed by atoms with Crippen molar-refractivity contribution < 1.29 is 28.5 Å². The molecule has 0 saturated heterocycles. The van der Waals surface area contributed by atoms with Crippen molar-refractivity contribution in [1.29, 1.82) is 0 Å². The number of carbonyl (C=O) groups excluding carboxylic acids is 2. The lowest BCUT2D eigenvalue weighted by Crippen LogP contribution is -2.41. The van der Waals surface area contributed by atoms with Crippen LogP contribution < -0.4 is 19.5 Å². The van der Waals surface area contributed by atoms with Gasteiger partial charge in [-0.15, -0.1) is 0 Å². The number of hydrogen-bond donors (Lipinski definition) is 1. The Morgan fingerprint density at radius 2 is 1.96 bits per heavy atom. The molecular weight excluding hydrogens is 374 g/mol. The summed E-state index contributed by atoms with van der Waals surface area (Å²) in [6, 6.07) is 11.8. The average Bonchev–Trinajstić information content (AvgIpc) is 2.67. The summed E-state index contributed by atoms with van der Waals surface area (Å²) in [5.74, 6) is 0.324. The van der Waals surface area contributed by atoms with Crippen molar-refractivity contribution in [1.82, 2.24) is 0 Å². The van der Waals surface area contributed by atoms with Gasteiger partial charge in [0, 0.05) is 5.69 Å². The summed E-state index contributed by atoms with van der Waals surface area (Å²) in [6.45, 7) is 1.48. The van der Waals surface area contributed by atoms with Crippen molar-refractivity contribution >= 4 is 29.2 Å². The standard InChI is InChI=1S/C19H18ClNO6/c1-11(18(22)21-12-7-8-14(24-2)13(20)9-12)26-19(23)17-10-25-15-5-3-4-6-16(15)27-17/h3-9,11,17H,10H2,1-2H3,(H,21,22)/t11-,17-/m0/s1. The Bertz CT molecular complexity index is 856. The van der Waals surface area contributed by atoms with Gasteiger partial charge in [0.05, 0.1) is 12.1 Å². The van der Waals surface area contributed by atoms with E-state index in [0.29, 0.717) is 28.0 Å². The highest BCUT2D eigenvalue weighted by atomic mass is 35.5. The molecule has 0 radical (unpaired) electrons. The zero-order valence-electron chi connectivity index (χ0n) is 14.7. The molecule has 7 nitrogen and oxygen atoms in total. The number of fused-ring (bicyclic) bond motifs is 1. The topological polar surface area (TPSA) is 83.1 Å². The molecule has 1 heterocycles. The minimum Gasteiger partial charge on any atom is -0.495 e. The summed E-state index contributed by atoms with van der Waals surface area (Å²) in [4.78, 5) is 24.5. The highest BCUT2D eigenvalue weighted by Crippen LogP contribution is 2.31. The van der Waals surface area contributed by atoms with Crippen molar-refractivity contribution in [2.75, 3.05) is 19.0 Å². The van der Waals surface area contributed by atoms with Gasteiger partial charge < -0.3 is 24.3 Å². The first kappa shape index (κ1) is 18.8. The molecule has 27 heavy (non-hydrogen) atoms. The van der Waals surface area contributed by atoms with Gasteiger partial charge in [0.1, 0.15) is 12.4 Å². The number of amides is 1. The van der Waals surface area contributed by atoms with Crippen LogP contribution in [0.2, 0.25) is 5.02 Å². The zero-order chi connectivity index (χ0) is 19.4. The lowest BCUT2D eigenvalue weighted by molar-refractivity contribution is -0.162. The van der Waals surface area contributed by atoms with E-state index in [1.54, 1.807) is 42.5 Å². The fraction of sp³-hybridized carbons (Fsp3) is 0.263. The van der Waals surface area contributed by atoms with Crippen LogP contribution in [0, 0.1) is 0 Å². The van der Waals surface area contributed by atoms with Crippen LogP contribution in [0.4, 0.5) is 5.69 Å². The molecular formula is C19H18ClNO6. The van der Waals surface area contributed by atoms with Gasteiger partial charge in [0.15, 0.2) is 17.6 Å². The van der Waals surface area contributed by atoms with Crippen LogP contribution in [0.15, 0.2) is 42.5 Å². The molecule has 1 amide bonds. The first-order valence-electron chi connectivity index (χ1n) is 8.21. The van der Waals surface area contributed by atoms with Crippen LogP contribution in [0.25, 0.3) is 0 Å². The van der Waals surface area contributed by atoms with Gasteiger partial charge in [-0.3, -0.25) is 4.79 Å². The minimum absolute atomic E-state index is 0.0122. The van der Waals surface area contributed by atoms with Crippen LogP contribution in [0.3, 0.4) is 0 Å². The second-order valence-electron chi connectivity index (χ2n) is 5.78. The number of methoxy groups -OCH3 is 1. The van der Waals surface area contributed by atoms with Gasteiger partial charge in [-0.05, 0) is 37.3 Å². The lowest BCUT2D eigenvalue weighted by atomic mass is 10.2. The third-order valence-electron chi connectivity index (χ3n) is 3.85. The molecule has 8 heteroatoms. The SMILES string of the molecule is COc1ccc(NC(=O)[C@H](C)OC(=O)[C@@H]2COc3ccccc3O2)cc1Cl. The first-order valence-corrected chi connectivity index (χ1v) is 8.59. The second kappa shape index (κ2) is 8.18. The zero-order valence-corrected chi connectivity index (χ0v) is 15.5. The van der Waals surface area contributed by atoms with Gasteiger partial charge in [0.25, 0.3) is 5.91 Å². The average molecular weight is 392 g/mol. The maximum Gasteiger partial charge on any atom is 0.351 e. The molecule has 1 N–H and O–H groups in total. The molecule has 142 valence electrons. The molecule has 1 aliphatic rings. The van der Waals surface area contributed by atoms with Gasteiger partial charge in [-0.1, -0.05) is 23.7 Å². The third kappa shape index (κ3) is 4.43. The van der Waals surface area contributed by atoms with E-state index < -0.39 is 24.1 Å². The van der Waals surface area contributed by atoms with E-state index in [9.17, 15) is 9.59 Å². The molecule has 0 saturated carbocycles. The number of benzene rings is 2. The minimum atomic E-state index is -1.03. The number of hydrogen-bond acceptors (Lipinski definition) is 6. The molecule has 0 aromatic heterocycles. The van der Waals surface area contributed by atoms with Crippen molar-refractivity contribution in [2.24, 2.45) is 0 Å². The Balaban J connectivity index is 1.56. The summed E-state index contributed by atoms with van der Waals surface area (Å²) in [5.41, 5.74) is 0.458. The van der Waals surface area contributed by atoms with Gasteiger partial charge >= 0.3 is 5.97 Å². The Kier molecular flexibility index (Phi) is 5.71. The first-order chi connectivity index (χ1) is 13.0. The van der Waals surface area contributed by atoms with Crippen molar-refractivity contribution in [2.45, 2.75) is 19.1 Å². The Hall–Kier alpha value is -2.93. The molecule has 1 aliphatic heterocycles. The Morgan fingerprint density at radius 1 is 1.22 bits per heavy atom. The summed E-state index contributed by atoms with van der Waals surface area (Å²) in [7, 11) is 1.50. The summed E-state index contributed by atoms with van der Waals surface area (Å²) in [6.07, 6.45) is -1.97. The number of para-hydroxylation sites is 2. The lowest BCUT2D eigenvalue weighted by Gasteiger charge is -2.25. The van der Waals surface area contributed by atoms with Crippen molar-refractivity contribution in [3.63, 3.8) is 0 Å². The fourth-order valence-corrected chi connectivity index (χ4v) is 2.69. The monoisotopic (exact) mass is 391 g/mol. The third-order valence-corrected chi connectivity index (χ3v) is 4.15. The van der Waals surface area contributed by atoms with E-state index in [-0.39, 0.29) is 6.61 Å². The van der Waals surface area contributed by atoms with Gasteiger partial charge in [-0.25, -0.2) is 4.79 Å². The number of nitrogens with one attached hydrogen (secondary N) is 1. The van der Waals surface area contributed by atoms with Gasteiger partial charge in [-0.2, -0.15) is 0 Å².